The van der Waals surface area contributed by atoms with Crippen molar-refractivity contribution in [1.29, 1.82) is 0 Å². The van der Waals surface area contributed by atoms with Crippen molar-refractivity contribution in [2.75, 3.05) is 31.0 Å². The molecule has 2 amide bonds. The van der Waals surface area contributed by atoms with Crippen molar-refractivity contribution >= 4 is 23.2 Å². The van der Waals surface area contributed by atoms with Crippen molar-refractivity contribution < 1.29 is 19.1 Å². The molecule has 27 heavy (non-hydrogen) atoms. The van der Waals surface area contributed by atoms with Crippen LogP contribution in [0.1, 0.15) is 17.5 Å². The maximum Gasteiger partial charge on any atom is 0.229 e. The average molecular weight is 368 g/mol. The zero-order chi connectivity index (χ0) is 19.6. The third kappa shape index (κ3) is 3.89. The summed E-state index contributed by atoms with van der Waals surface area (Å²) >= 11 is 0. The number of rotatable bonds is 5. The number of benzene rings is 2. The van der Waals surface area contributed by atoms with E-state index in [2.05, 4.69) is 5.32 Å². The summed E-state index contributed by atoms with van der Waals surface area (Å²) in [6.07, 6.45) is 0.186. The Labute approximate surface area is 159 Å². The molecule has 1 saturated heterocycles. The predicted molar refractivity (Wildman–Crippen MR) is 105 cm³/mol. The van der Waals surface area contributed by atoms with Gasteiger partial charge in [0, 0.05) is 24.7 Å². The predicted octanol–water partition coefficient (Wildman–Crippen LogP) is 3.31. The molecule has 1 N–H and O–H groups in total. The second-order valence-corrected chi connectivity index (χ2v) is 6.75. The summed E-state index contributed by atoms with van der Waals surface area (Å²) in [7, 11) is 3.10. The second kappa shape index (κ2) is 7.70. The van der Waals surface area contributed by atoms with E-state index in [1.54, 1.807) is 37.3 Å². The average Bonchev–Trinajstić information content (AvgIpc) is 3.03. The van der Waals surface area contributed by atoms with Gasteiger partial charge in [0.05, 0.1) is 25.8 Å². The van der Waals surface area contributed by atoms with Crippen LogP contribution in [0.15, 0.2) is 36.4 Å². The minimum Gasteiger partial charge on any atom is -0.497 e. The Morgan fingerprint density at radius 3 is 2.56 bits per heavy atom. The van der Waals surface area contributed by atoms with Crippen LogP contribution in [0, 0.1) is 19.8 Å². The van der Waals surface area contributed by atoms with Gasteiger partial charge in [-0.05, 0) is 37.6 Å². The normalized spacial score (nSPS) is 16.4. The van der Waals surface area contributed by atoms with E-state index in [1.807, 2.05) is 32.0 Å². The molecular weight excluding hydrogens is 344 g/mol. The minimum atomic E-state index is -0.422. The quantitative estimate of drug-likeness (QED) is 0.879. The molecule has 2 aromatic rings. The molecule has 6 heteroatoms. The van der Waals surface area contributed by atoms with E-state index in [-0.39, 0.29) is 18.2 Å². The molecular formula is C21H24N2O4. The second-order valence-electron chi connectivity index (χ2n) is 6.75. The van der Waals surface area contributed by atoms with Crippen molar-refractivity contribution in [3.05, 3.63) is 47.5 Å². The molecule has 1 aliphatic heterocycles. The van der Waals surface area contributed by atoms with Gasteiger partial charge in [0.15, 0.2) is 0 Å². The summed E-state index contributed by atoms with van der Waals surface area (Å²) < 4.78 is 10.5. The highest BCUT2D eigenvalue weighted by molar-refractivity contribution is 6.04. The Morgan fingerprint density at radius 1 is 1.11 bits per heavy atom. The molecule has 1 fully saturated rings. The number of ether oxygens (including phenoxy) is 2. The maximum absolute atomic E-state index is 12.8. The van der Waals surface area contributed by atoms with Crippen molar-refractivity contribution in [2.45, 2.75) is 20.3 Å². The van der Waals surface area contributed by atoms with Crippen molar-refractivity contribution in [3.63, 3.8) is 0 Å². The number of carbonyl (C=O) groups excluding carboxylic acids is 2. The molecule has 0 radical (unpaired) electrons. The van der Waals surface area contributed by atoms with Crippen LogP contribution < -0.4 is 19.7 Å². The number of methoxy groups -OCH3 is 2. The molecule has 0 unspecified atom stereocenters. The van der Waals surface area contributed by atoms with Gasteiger partial charge in [0.25, 0.3) is 0 Å². The van der Waals surface area contributed by atoms with Crippen LogP contribution in [0.3, 0.4) is 0 Å². The van der Waals surface area contributed by atoms with E-state index in [4.69, 9.17) is 9.47 Å². The zero-order valence-corrected chi connectivity index (χ0v) is 16.0. The molecule has 1 atom stereocenters. The van der Waals surface area contributed by atoms with Gasteiger partial charge in [0.2, 0.25) is 11.8 Å². The van der Waals surface area contributed by atoms with E-state index in [0.717, 1.165) is 16.8 Å². The molecule has 0 aromatic heterocycles. The molecule has 0 saturated carbocycles. The number of nitrogens with zero attached hydrogens (tertiary/aromatic N) is 1. The number of nitrogens with one attached hydrogen (secondary N) is 1. The fourth-order valence-electron chi connectivity index (χ4n) is 3.37. The van der Waals surface area contributed by atoms with Crippen molar-refractivity contribution in [3.8, 4) is 11.5 Å². The Kier molecular flexibility index (Phi) is 5.35. The molecule has 142 valence electrons. The summed E-state index contributed by atoms with van der Waals surface area (Å²) in [6, 6.07) is 11.1. The first kappa shape index (κ1) is 18.8. The number of anilines is 2. The van der Waals surface area contributed by atoms with Gasteiger partial charge >= 0.3 is 0 Å². The number of aryl methyl sites for hydroxylation is 2. The first-order valence-corrected chi connectivity index (χ1v) is 8.83. The molecule has 2 aromatic carbocycles. The molecule has 1 aliphatic rings. The van der Waals surface area contributed by atoms with Gasteiger partial charge in [-0.15, -0.1) is 0 Å². The van der Waals surface area contributed by atoms with E-state index in [0.29, 0.717) is 23.7 Å². The topological polar surface area (TPSA) is 67.9 Å². The summed E-state index contributed by atoms with van der Waals surface area (Å²) in [5.74, 6) is 0.487. The van der Waals surface area contributed by atoms with Crippen LogP contribution in [-0.2, 0) is 9.59 Å². The van der Waals surface area contributed by atoms with Crippen LogP contribution in [0.2, 0.25) is 0 Å². The number of hydrogen-bond acceptors (Lipinski definition) is 4. The lowest BCUT2D eigenvalue weighted by atomic mass is 10.1. The summed E-state index contributed by atoms with van der Waals surface area (Å²) in [5, 5.41) is 2.87. The Bertz CT molecular complexity index is 878. The fourth-order valence-corrected chi connectivity index (χ4v) is 3.37. The SMILES string of the molecule is COc1ccc(OC)c(NC(=O)[C@@H]2CC(=O)N(c3ccc(C)cc3C)C2)c1. The van der Waals surface area contributed by atoms with Crippen LogP contribution in [0.4, 0.5) is 11.4 Å². The Morgan fingerprint density at radius 2 is 1.89 bits per heavy atom. The van der Waals surface area contributed by atoms with Crippen molar-refractivity contribution in [1.82, 2.24) is 0 Å². The van der Waals surface area contributed by atoms with Gasteiger partial charge in [-0.2, -0.15) is 0 Å². The lowest BCUT2D eigenvalue weighted by Crippen LogP contribution is -2.28. The lowest BCUT2D eigenvalue weighted by Gasteiger charge is -2.19. The molecule has 0 bridgehead atoms. The summed E-state index contributed by atoms with van der Waals surface area (Å²) in [6.45, 7) is 4.35. The molecule has 3 rings (SSSR count). The Hall–Kier alpha value is -3.02. The van der Waals surface area contributed by atoms with E-state index in [9.17, 15) is 9.59 Å². The number of hydrogen-bond donors (Lipinski definition) is 1. The van der Waals surface area contributed by atoms with Gasteiger partial charge in [-0.1, -0.05) is 17.7 Å². The van der Waals surface area contributed by atoms with Crippen LogP contribution in [0.5, 0.6) is 11.5 Å². The third-order valence-electron chi connectivity index (χ3n) is 4.80. The smallest absolute Gasteiger partial charge is 0.229 e. The standard InChI is InChI=1S/C21H24N2O4/c1-13-5-7-18(14(2)9-13)23-12-15(10-20(23)24)21(25)22-17-11-16(26-3)6-8-19(17)27-4/h5-9,11,15H,10,12H2,1-4H3,(H,22,25)/t15-/m1/s1. The monoisotopic (exact) mass is 368 g/mol. The summed E-state index contributed by atoms with van der Waals surface area (Å²) in [5.41, 5.74) is 3.56. The molecule has 1 heterocycles. The fraction of sp³-hybridized carbons (Fsp3) is 0.333. The number of carbonyl (C=O) groups is 2. The van der Waals surface area contributed by atoms with Gasteiger partial charge < -0.3 is 19.7 Å². The largest absolute Gasteiger partial charge is 0.497 e. The Balaban J connectivity index is 1.76. The van der Waals surface area contributed by atoms with Gasteiger partial charge in [-0.25, -0.2) is 0 Å². The van der Waals surface area contributed by atoms with E-state index in [1.165, 1.54) is 0 Å². The highest BCUT2D eigenvalue weighted by atomic mass is 16.5. The first-order chi connectivity index (χ1) is 12.9. The maximum atomic E-state index is 12.8. The molecule has 6 nitrogen and oxygen atoms in total. The third-order valence-corrected chi connectivity index (χ3v) is 4.80. The summed E-state index contributed by atoms with van der Waals surface area (Å²) in [4.78, 5) is 27.0. The van der Waals surface area contributed by atoms with E-state index >= 15 is 0 Å². The van der Waals surface area contributed by atoms with Crippen LogP contribution in [0.25, 0.3) is 0 Å². The highest BCUT2D eigenvalue weighted by Crippen LogP contribution is 2.32. The molecule has 0 spiro atoms. The van der Waals surface area contributed by atoms with Crippen LogP contribution >= 0.6 is 0 Å². The van der Waals surface area contributed by atoms with E-state index < -0.39 is 5.92 Å². The van der Waals surface area contributed by atoms with Gasteiger partial charge in [-0.3, -0.25) is 9.59 Å². The lowest BCUT2D eigenvalue weighted by molar-refractivity contribution is -0.122. The van der Waals surface area contributed by atoms with Crippen LogP contribution in [-0.4, -0.2) is 32.6 Å². The first-order valence-electron chi connectivity index (χ1n) is 8.83. The highest BCUT2D eigenvalue weighted by Gasteiger charge is 2.36. The van der Waals surface area contributed by atoms with Crippen molar-refractivity contribution in [2.24, 2.45) is 5.92 Å². The zero-order valence-electron chi connectivity index (χ0n) is 16.0. The molecule has 0 aliphatic carbocycles. The number of amides is 2. The van der Waals surface area contributed by atoms with Gasteiger partial charge in [0.1, 0.15) is 11.5 Å². The minimum absolute atomic E-state index is 0.0419.